The van der Waals surface area contributed by atoms with E-state index < -0.39 is 0 Å². The summed E-state index contributed by atoms with van der Waals surface area (Å²) in [4.78, 5) is 2.54. The van der Waals surface area contributed by atoms with E-state index >= 15 is 0 Å². The van der Waals surface area contributed by atoms with Gasteiger partial charge < -0.3 is 0 Å². The first-order valence-electron chi connectivity index (χ1n) is 6.50. The molecule has 92 valence electrons. The van der Waals surface area contributed by atoms with Gasteiger partial charge in [-0.25, -0.2) is 0 Å². The van der Waals surface area contributed by atoms with Crippen molar-refractivity contribution in [3.63, 3.8) is 0 Å². The summed E-state index contributed by atoms with van der Waals surface area (Å²) >= 11 is 0. The minimum atomic E-state index is 0.131. The predicted octanol–water partition coefficient (Wildman–Crippen LogP) is 3.40. The molecule has 0 spiro atoms. The summed E-state index contributed by atoms with van der Waals surface area (Å²) in [5, 5.41) is 0. The molecule has 0 aliphatic heterocycles. The summed E-state index contributed by atoms with van der Waals surface area (Å²) in [6.45, 7) is 18.0. The molecule has 2 atom stereocenters. The van der Waals surface area contributed by atoms with Gasteiger partial charge in [-0.3, -0.25) is 4.90 Å². The summed E-state index contributed by atoms with van der Waals surface area (Å²) in [6, 6.07) is 0.664. The standard InChI is InChI=1S/C15H27N/c1-8-16(9-2)13-12(15(13,6)7)10-11-14(3,4)5/h12-13H,8-9H2,1-7H3. The monoisotopic (exact) mass is 221 g/mol. The highest BCUT2D eigenvalue weighted by atomic mass is 15.2. The molecule has 16 heavy (non-hydrogen) atoms. The average molecular weight is 221 g/mol. The van der Waals surface area contributed by atoms with Crippen LogP contribution in [0.25, 0.3) is 0 Å². The van der Waals surface area contributed by atoms with Crippen LogP contribution in [0.3, 0.4) is 0 Å². The van der Waals surface area contributed by atoms with Crippen LogP contribution in [0, 0.1) is 28.6 Å². The number of hydrogen-bond donors (Lipinski definition) is 0. The zero-order valence-electron chi connectivity index (χ0n) is 12.0. The molecule has 0 saturated heterocycles. The second-order valence-electron chi connectivity index (χ2n) is 6.48. The molecule has 2 unspecified atom stereocenters. The predicted molar refractivity (Wildman–Crippen MR) is 71.2 cm³/mol. The fraction of sp³-hybridized carbons (Fsp3) is 0.867. The van der Waals surface area contributed by atoms with Crippen LogP contribution in [-0.4, -0.2) is 24.0 Å². The van der Waals surface area contributed by atoms with Gasteiger partial charge in [0.15, 0.2) is 0 Å². The smallest absolute Gasteiger partial charge is 0.0430 e. The van der Waals surface area contributed by atoms with E-state index in [0.717, 1.165) is 13.1 Å². The third-order valence-corrected chi connectivity index (χ3v) is 3.58. The van der Waals surface area contributed by atoms with Crippen LogP contribution in [0.1, 0.15) is 48.5 Å². The molecule has 1 fully saturated rings. The molecule has 1 heteroatoms. The van der Waals surface area contributed by atoms with E-state index in [0.29, 0.717) is 17.4 Å². The second-order valence-corrected chi connectivity index (χ2v) is 6.48. The summed E-state index contributed by atoms with van der Waals surface area (Å²) in [6.07, 6.45) is 0. The molecule has 0 bridgehead atoms. The molecule has 0 aromatic carbocycles. The second kappa shape index (κ2) is 4.41. The number of hydrogen-bond acceptors (Lipinski definition) is 1. The quantitative estimate of drug-likeness (QED) is 0.660. The third kappa shape index (κ3) is 2.80. The summed E-state index contributed by atoms with van der Waals surface area (Å²) in [7, 11) is 0. The Bertz CT molecular complexity index is 294. The van der Waals surface area contributed by atoms with Gasteiger partial charge in [-0.05, 0) is 39.3 Å². The molecule has 1 aliphatic rings. The van der Waals surface area contributed by atoms with Gasteiger partial charge in [-0.15, -0.1) is 0 Å². The molecular formula is C15H27N. The Balaban J connectivity index is 2.74. The highest BCUT2D eigenvalue weighted by Crippen LogP contribution is 2.54. The largest absolute Gasteiger partial charge is 0.299 e. The van der Waals surface area contributed by atoms with Crippen LogP contribution in [-0.2, 0) is 0 Å². The van der Waals surface area contributed by atoms with Gasteiger partial charge in [0.1, 0.15) is 0 Å². The Morgan fingerprint density at radius 3 is 2.00 bits per heavy atom. The van der Waals surface area contributed by atoms with E-state index in [1.165, 1.54) is 0 Å². The summed E-state index contributed by atoms with van der Waals surface area (Å²) < 4.78 is 0. The maximum atomic E-state index is 3.49. The zero-order chi connectivity index (χ0) is 12.6. The normalized spacial score (nSPS) is 27.5. The van der Waals surface area contributed by atoms with Crippen molar-refractivity contribution in [3.8, 4) is 11.8 Å². The van der Waals surface area contributed by atoms with E-state index in [1.807, 2.05) is 0 Å². The molecule has 1 aliphatic carbocycles. The van der Waals surface area contributed by atoms with E-state index in [9.17, 15) is 0 Å². The maximum absolute atomic E-state index is 3.49. The van der Waals surface area contributed by atoms with Crippen molar-refractivity contribution >= 4 is 0 Å². The van der Waals surface area contributed by atoms with Crippen LogP contribution >= 0.6 is 0 Å². The van der Waals surface area contributed by atoms with Gasteiger partial charge in [0.05, 0.1) is 0 Å². The topological polar surface area (TPSA) is 3.24 Å². The molecular weight excluding hydrogens is 194 g/mol. The summed E-state index contributed by atoms with van der Waals surface area (Å²) in [5.41, 5.74) is 0.511. The van der Waals surface area contributed by atoms with Crippen molar-refractivity contribution in [2.75, 3.05) is 13.1 Å². The first kappa shape index (κ1) is 13.6. The molecule has 1 rings (SSSR count). The van der Waals surface area contributed by atoms with Crippen molar-refractivity contribution < 1.29 is 0 Å². The lowest BCUT2D eigenvalue weighted by atomic mass is 9.97. The minimum Gasteiger partial charge on any atom is -0.299 e. The molecule has 0 heterocycles. The SMILES string of the molecule is CCN(CC)C1C(C#CC(C)(C)C)C1(C)C. The van der Waals surface area contributed by atoms with Crippen molar-refractivity contribution in [1.29, 1.82) is 0 Å². The van der Waals surface area contributed by atoms with Crippen LogP contribution in [0.5, 0.6) is 0 Å². The lowest BCUT2D eigenvalue weighted by Gasteiger charge is -2.19. The fourth-order valence-electron chi connectivity index (χ4n) is 2.47. The molecule has 0 amide bonds. The molecule has 1 nitrogen and oxygen atoms in total. The molecule has 0 aromatic rings. The van der Waals surface area contributed by atoms with Crippen molar-refractivity contribution in [3.05, 3.63) is 0 Å². The molecule has 0 N–H and O–H groups in total. The summed E-state index contributed by atoms with van der Waals surface area (Å²) in [5.74, 6) is 7.45. The van der Waals surface area contributed by atoms with E-state index in [2.05, 4.69) is 65.2 Å². The van der Waals surface area contributed by atoms with Crippen LogP contribution in [0.2, 0.25) is 0 Å². The van der Waals surface area contributed by atoms with Gasteiger partial charge in [-0.1, -0.05) is 39.5 Å². The van der Waals surface area contributed by atoms with E-state index in [-0.39, 0.29) is 5.41 Å². The van der Waals surface area contributed by atoms with Crippen LogP contribution in [0.15, 0.2) is 0 Å². The highest BCUT2D eigenvalue weighted by molar-refractivity contribution is 5.27. The Morgan fingerprint density at radius 2 is 1.62 bits per heavy atom. The number of rotatable bonds is 3. The van der Waals surface area contributed by atoms with Crippen molar-refractivity contribution in [1.82, 2.24) is 4.90 Å². The Labute approximate surface area is 102 Å². The van der Waals surface area contributed by atoms with Crippen LogP contribution < -0.4 is 0 Å². The van der Waals surface area contributed by atoms with Gasteiger partial charge in [-0.2, -0.15) is 0 Å². The fourth-order valence-corrected chi connectivity index (χ4v) is 2.47. The van der Waals surface area contributed by atoms with Crippen molar-refractivity contribution in [2.45, 2.75) is 54.5 Å². The van der Waals surface area contributed by atoms with Gasteiger partial charge in [0, 0.05) is 17.4 Å². The lowest BCUT2D eigenvalue weighted by molar-refractivity contribution is 0.259. The van der Waals surface area contributed by atoms with Gasteiger partial charge >= 0.3 is 0 Å². The molecule has 1 saturated carbocycles. The maximum Gasteiger partial charge on any atom is 0.0430 e. The Hall–Kier alpha value is -0.480. The average Bonchev–Trinajstić information content (AvgIpc) is 2.67. The van der Waals surface area contributed by atoms with E-state index in [4.69, 9.17) is 0 Å². The Morgan fingerprint density at radius 1 is 1.12 bits per heavy atom. The highest BCUT2D eigenvalue weighted by Gasteiger charge is 2.59. The van der Waals surface area contributed by atoms with Crippen LogP contribution in [0.4, 0.5) is 0 Å². The first-order valence-corrected chi connectivity index (χ1v) is 6.50. The number of nitrogens with zero attached hydrogens (tertiary/aromatic N) is 1. The van der Waals surface area contributed by atoms with Gasteiger partial charge in [0.25, 0.3) is 0 Å². The zero-order valence-corrected chi connectivity index (χ0v) is 12.0. The third-order valence-electron chi connectivity index (χ3n) is 3.58. The van der Waals surface area contributed by atoms with Crippen molar-refractivity contribution in [2.24, 2.45) is 16.7 Å². The molecule has 0 radical (unpaired) electrons. The Kier molecular flexibility index (Phi) is 3.75. The minimum absolute atomic E-state index is 0.131. The molecule has 0 aromatic heterocycles. The van der Waals surface area contributed by atoms with Gasteiger partial charge in [0.2, 0.25) is 0 Å². The van der Waals surface area contributed by atoms with E-state index in [1.54, 1.807) is 0 Å². The lowest BCUT2D eigenvalue weighted by Crippen LogP contribution is -2.28. The first-order chi connectivity index (χ1) is 7.24.